The standard InChI is InChI=1S/C13H10N2O4/c14-11-7-9(3-6-12(11)16)13(17)8-1-4-10(5-2-8)15(18)19/h1-7,16H,14H2. The number of rotatable bonds is 3. The highest BCUT2D eigenvalue weighted by Gasteiger charge is 2.12. The number of phenols is 1. The summed E-state index contributed by atoms with van der Waals surface area (Å²) in [6, 6.07) is 9.41. The van der Waals surface area contributed by atoms with Crippen LogP contribution < -0.4 is 5.73 Å². The number of nitrogens with two attached hydrogens (primary N) is 1. The predicted molar refractivity (Wildman–Crippen MR) is 69.0 cm³/mol. The van der Waals surface area contributed by atoms with Crippen LogP contribution in [0.2, 0.25) is 0 Å². The van der Waals surface area contributed by atoms with E-state index in [1.54, 1.807) is 0 Å². The predicted octanol–water partition coefficient (Wildman–Crippen LogP) is 2.11. The van der Waals surface area contributed by atoms with Crippen molar-refractivity contribution in [1.29, 1.82) is 0 Å². The third-order valence-corrected chi connectivity index (χ3v) is 2.63. The molecular weight excluding hydrogens is 248 g/mol. The molecule has 0 saturated heterocycles. The van der Waals surface area contributed by atoms with Crippen LogP contribution in [0.25, 0.3) is 0 Å². The van der Waals surface area contributed by atoms with Gasteiger partial charge in [0.2, 0.25) is 0 Å². The van der Waals surface area contributed by atoms with Gasteiger partial charge in [0, 0.05) is 23.3 Å². The normalized spacial score (nSPS) is 10.1. The molecule has 0 radical (unpaired) electrons. The Morgan fingerprint density at radius 1 is 1.11 bits per heavy atom. The summed E-state index contributed by atoms with van der Waals surface area (Å²) in [4.78, 5) is 22.1. The van der Waals surface area contributed by atoms with Crippen molar-refractivity contribution in [3.05, 3.63) is 63.7 Å². The Morgan fingerprint density at radius 3 is 2.21 bits per heavy atom. The highest BCUT2D eigenvalue weighted by Crippen LogP contribution is 2.22. The first-order chi connectivity index (χ1) is 8.99. The molecule has 0 heterocycles. The van der Waals surface area contributed by atoms with E-state index in [9.17, 15) is 20.0 Å². The zero-order valence-corrected chi connectivity index (χ0v) is 9.74. The summed E-state index contributed by atoms with van der Waals surface area (Å²) < 4.78 is 0. The third-order valence-electron chi connectivity index (χ3n) is 2.63. The molecule has 2 rings (SSSR count). The van der Waals surface area contributed by atoms with Crippen molar-refractivity contribution in [2.45, 2.75) is 0 Å². The van der Waals surface area contributed by atoms with E-state index >= 15 is 0 Å². The van der Waals surface area contributed by atoms with E-state index in [1.165, 1.54) is 42.5 Å². The summed E-state index contributed by atoms with van der Waals surface area (Å²) in [6.45, 7) is 0. The monoisotopic (exact) mass is 258 g/mol. The molecule has 0 aliphatic rings. The first-order valence-corrected chi connectivity index (χ1v) is 5.36. The van der Waals surface area contributed by atoms with Crippen molar-refractivity contribution in [2.75, 3.05) is 5.73 Å². The van der Waals surface area contributed by atoms with Crippen LogP contribution in [0.3, 0.4) is 0 Å². The fourth-order valence-corrected chi connectivity index (χ4v) is 1.60. The van der Waals surface area contributed by atoms with E-state index in [1.807, 2.05) is 0 Å². The average molecular weight is 258 g/mol. The minimum absolute atomic E-state index is 0.0817. The van der Waals surface area contributed by atoms with Gasteiger partial charge in [-0.05, 0) is 30.3 Å². The smallest absolute Gasteiger partial charge is 0.269 e. The van der Waals surface area contributed by atoms with Crippen molar-refractivity contribution >= 4 is 17.2 Å². The van der Waals surface area contributed by atoms with Crippen LogP contribution in [0.15, 0.2) is 42.5 Å². The second-order valence-electron chi connectivity index (χ2n) is 3.91. The number of hydrogen-bond donors (Lipinski definition) is 2. The lowest BCUT2D eigenvalue weighted by Gasteiger charge is -2.03. The molecule has 0 aliphatic heterocycles. The summed E-state index contributed by atoms with van der Waals surface area (Å²) in [5, 5.41) is 19.8. The molecule has 0 aromatic heterocycles. The fourth-order valence-electron chi connectivity index (χ4n) is 1.60. The topological polar surface area (TPSA) is 106 Å². The van der Waals surface area contributed by atoms with Crippen molar-refractivity contribution in [3.63, 3.8) is 0 Å². The van der Waals surface area contributed by atoms with Crippen LogP contribution in [-0.4, -0.2) is 15.8 Å². The zero-order chi connectivity index (χ0) is 14.0. The minimum Gasteiger partial charge on any atom is -0.506 e. The molecule has 2 aromatic carbocycles. The number of carbonyl (C=O) groups is 1. The van der Waals surface area contributed by atoms with Gasteiger partial charge in [0.15, 0.2) is 5.78 Å². The van der Waals surface area contributed by atoms with E-state index in [2.05, 4.69) is 0 Å². The molecule has 0 unspecified atom stereocenters. The molecule has 6 nitrogen and oxygen atoms in total. The second-order valence-corrected chi connectivity index (χ2v) is 3.91. The van der Waals surface area contributed by atoms with Crippen LogP contribution in [0.4, 0.5) is 11.4 Å². The van der Waals surface area contributed by atoms with E-state index < -0.39 is 4.92 Å². The third kappa shape index (κ3) is 2.52. The van der Waals surface area contributed by atoms with Crippen molar-refractivity contribution in [1.82, 2.24) is 0 Å². The largest absolute Gasteiger partial charge is 0.506 e. The number of anilines is 1. The number of aromatic hydroxyl groups is 1. The van der Waals surface area contributed by atoms with Gasteiger partial charge in [-0.2, -0.15) is 0 Å². The molecule has 0 saturated carbocycles. The summed E-state index contributed by atoms with van der Waals surface area (Å²) in [5.41, 5.74) is 6.16. The van der Waals surface area contributed by atoms with E-state index in [0.29, 0.717) is 11.1 Å². The maximum atomic E-state index is 12.1. The number of nitro groups is 1. The molecule has 0 aliphatic carbocycles. The minimum atomic E-state index is -0.535. The Bertz CT molecular complexity index is 650. The molecule has 0 amide bonds. The lowest BCUT2D eigenvalue weighted by atomic mass is 10.0. The Balaban J connectivity index is 2.33. The van der Waals surface area contributed by atoms with Gasteiger partial charge in [0.1, 0.15) is 5.75 Å². The summed E-state index contributed by atoms with van der Waals surface area (Å²) >= 11 is 0. The summed E-state index contributed by atoms with van der Waals surface area (Å²) in [7, 11) is 0. The number of carbonyl (C=O) groups excluding carboxylic acids is 1. The number of phenolic OH excluding ortho intramolecular Hbond substituents is 1. The van der Waals surface area contributed by atoms with Crippen LogP contribution in [0.5, 0.6) is 5.75 Å². The Labute approximate surface area is 108 Å². The molecule has 0 fully saturated rings. The van der Waals surface area contributed by atoms with Crippen molar-refractivity contribution < 1.29 is 14.8 Å². The molecule has 96 valence electrons. The van der Waals surface area contributed by atoms with E-state index in [0.717, 1.165) is 0 Å². The highest BCUT2D eigenvalue weighted by molar-refractivity contribution is 6.09. The Morgan fingerprint density at radius 2 is 1.68 bits per heavy atom. The Kier molecular flexibility index (Phi) is 3.15. The number of hydrogen-bond acceptors (Lipinski definition) is 5. The number of ketones is 1. The number of benzene rings is 2. The highest BCUT2D eigenvalue weighted by atomic mass is 16.6. The number of nitrogens with zero attached hydrogens (tertiary/aromatic N) is 1. The summed E-state index contributed by atoms with van der Waals surface area (Å²) in [5.74, 6) is -0.415. The molecular formula is C13H10N2O4. The molecule has 3 N–H and O–H groups in total. The molecule has 0 spiro atoms. The number of non-ortho nitro benzene ring substituents is 1. The van der Waals surface area contributed by atoms with E-state index in [4.69, 9.17) is 5.73 Å². The molecule has 6 heteroatoms. The summed E-state index contributed by atoms with van der Waals surface area (Å²) in [6.07, 6.45) is 0. The van der Waals surface area contributed by atoms with Gasteiger partial charge in [-0.3, -0.25) is 14.9 Å². The first kappa shape index (κ1) is 12.6. The maximum absolute atomic E-state index is 12.1. The van der Waals surface area contributed by atoms with Gasteiger partial charge in [-0.1, -0.05) is 0 Å². The maximum Gasteiger partial charge on any atom is 0.269 e. The van der Waals surface area contributed by atoms with E-state index in [-0.39, 0.29) is 22.9 Å². The van der Waals surface area contributed by atoms with Crippen molar-refractivity contribution in [3.8, 4) is 5.75 Å². The van der Waals surface area contributed by atoms with Crippen LogP contribution in [-0.2, 0) is 0 Å². The lowest BCUT2D eigenvalue weighted by Crippen LogP contribution is -2.02. The van der Waals surface area contributed by atoms with Crippen LogP contribution in [0.1, 0.15) is 15.9 Å². The van der Waals surface area contributed by atoms with Gasteiger partial charge in [-0.15, -0.1) is 0 Å². The van der Waals surface area contributed by atoms with Gasteiger partial charge < -0.3 is 10.8 Å². The quantitative estimate of drug-likeness (QED) is 0.288. The molecule has 19 heavy (non-hydrogen) atoms. The number of nitro benzene ring substituents is 1. The van der Waals surface area contributed by atoms with Gasteiger partial charge >= 0.3 is 0 Å². The van der Waals surface area contributed by atoms with Gasteiger partial charge in [0.05, 0.1) is 10.6 Å². The SMILES string of the molecule is Nc1cc(C(=O)c2ccc([N+](=O)[O-])cc2)ccc1O. The van der Waals surface area contributed by atoms with Gasteiger partial charge in [-0.25, -0.2) is 0 Å². The molecule has 2 aromatic rings. The van der Waals surface area contributed by atoms with Crippen LogP contribution >= 0.6 is 0 Å². The Hall–Kier alpha value is -2.89. The van der Waals surface area contributed by atoms with Gasteiger partial charge in [0.25, 0.3) is 5.69 Å². The fraction of sp³-hybridized carbons (Fsp3) is 0. The average Bonchev–Trinajstić information content (AvgIpc) is 2.41. The molecule has 0 bridgehead atoms. The first-order valence-electron chi connectivity index (χ1n) is 5.36. The molecule has 0 atom stereocenters. The lowest BCUT2D eigenvalue weighted by molar-refractivity contribution is -0.384. The zero-order valence-electron chi connectivity index (χ0n) is 9.74. The number of nitrogen functional groups attached to an aromatic ring is 1. The van der Waals surface area contributed by atoms with Crippen LogP contribution in [0, 0.1) is 10.1 Å². The van der Waals surface area contributed by atoms with Crippen molar-refractivity contribution in [2.24, 2.45) is 0 Å². The second kappa shape index (κ2) is 4.77.